The van der Waals surface area contributed by atoms with Crippen molar-refractivity contribution in [1.82, 2.24) is 0 Å². The van der Waals surface area contributed by atoms with Crippen molar-refractivity contribution >= 4 is 5.97 Å². The van der Waals surface area contributed by atoms with Gasteiger partial charge in [0.05, 0.1) is 12.7 Å². The molecule has 0 saturated carbocycles. The summed E-state index contributed by atoms with van der Waals surface area (Å²) in [5.74, 6) is 0.323. The van der Waals surface area contributed by atoms with E-state index in [1.54, 1.807) is 6.92 Å². The summed E-state index contributed by atoms with van der Waals surface area (Å²) in [6.45, 7) is 4.23. The Kier molecular flexibility index (Phi) is 1.94. The molecule has 0 fully saturated rings. The van der Waals surface area contributed by atoms with Crippen molar-refractivity contribution in [2.75, 3.05) is 6.61 Å². The van der Waals surface area contributed by atoms with Crippen LogP contribution < -0.4 is 0 Å². The molecule has 0 radical (unpaired) electrons. The third-order valence-corrected chi connectivity index (χ3v) is 1.26. The smallest absolute Gasteiger partial charge is 0.335 e. The standard InChI is InChI=1S/C7H10O3/c1-3-9-6-4-7(8)10-5(6)2/h4-5H,3H2,1-2H3/t5-/m0/s1. The van der Waals surface area contributed by atoms with Gasteiger partial charge in [-0.1, -0.05) is 0 Å². The van der Waals surface area contributed by atoms with E-state index in [1.807, 2.05) is 6.92 Å². The molecule has 1 aliphatic rings. The minimum Gasteiger partial charge on any atom is -0.494 e. The molecule has 0 aliphatic carbocycles. The van der Waals surface area contributed by atoms with Crippen LogP contribution in [0.4, 0.5) is 0 Å². The zero-order chi connectivity index (χ0) is 7.56. The van der Waals surface area contributed by atoms with E-state index in [0.29, 0.717) is 12.4 Å². The highest BCUT2D eigenvalue weighted by molar-refractivity contribution is 5.85. The summed E-state index contributed by atoms with van der Waals surface area (Å²) in [4.78, 5) is 10.6. The Balaban J connectivity index is 2.56. The first-order valence-electron chi connectivity index (χ1n) is 3.29. The van der Waals surface area contributed by atoms with Crippen molar-refractivity contribution in [3.05, 3.63) is 11.8 Å². The van der Waals surface area contributed by atoms with Gasteiger partial charge >= 0.3 is 5.97 Å². The maximum absolute atomic E-state index is 10.6. The molecule has 3 heteroatoms. The second-order valence-corrected chi connectivity index (χ2v) is 2.06. The Bertz CT molecular complexity index is 172. The molecular weight excluding hydrogens is 132 g/mol. The van der Waals surface area contributed by atoms with Gasteiger partial charge in [0.25, 0.3) is 0 Å². The second-order valence-electron chi connectivity index (χ2n) is 2.06. The van der Waals surface area contributed by atoms with Crippen molar-refractivity contribution in [3.63, 3.8) is 0 Å². The molecule has 0 aromatic rings. The minimum atomic E-state index is -0.309. The fourth-order valence-electron chi connectivity index (χ4n) is 0.826. The van der Waals surface area contributed by atoms with Crippen LogP contribution in [0.3, 0.4) is 0 Å². The topological polar surface area (TPSA) is 35.5 Å². The SMILES string of the molecule is CCOC1=CC(=O)O[C@H]1C. The quantitative estimate of drug-likeness (QED) is 0.536. The zero-order valence-corrected chi connectivity index (χ0v) is 6.09. The van der Waals surface area contributed by atoms with Gasteiger partial charge in [-0.05, 0) is 13.8 Å². The molecule has 3 nitrogen and oxygen atoms in total. The van der Waals surface area contributed by atoms with E-state index < -0.39 is 0 Å². The number of ether oxygens (including phenoxy) is 2. The lowest BCUT2D eigenvalue weighted by Crippen LogP contribution is -2.07. The highest BCUT2D eigenvalue weighted by Crippen LogP contribution is 2.15. The number of carbonyl (C=O) groups excluding carboxylic acids is 1. The van der Waals surface area contributed by atoms with Crippen molar-refractivity contribution in [3.8, 4) is 0 Å². The van der Waals surface area contributed by atoms with Crippen LogP contribution in [0.15, 0.2) is 11.8 Å². The first-order chi connectivity index (χ1) is 4.74. The largest absolute Gasteiger partial charge is 0.494 e. The van der Waals surface area contributed by atoms with Crippen LogP contribution in [0.1, 0.15) is 13.8 Å². The molecule has 0 unspecified atom stereocenters. The molecule has 10 heavy (non-hydrogen) atoms. The zero-order valence-electron chi connectivity index (χ0n) is 6.09. The van der Waals surface area contributed by atoms with Crippen LogP contribution in [-0.4, -0.2) is 18.7 Å². The van der Waals surface area contributed by atoms with Gasteiger partial charge in [0.2, 0.25) is 0 Å². The predicted molar refractivity (Wildman–Crippen MR) is 35.3 cm³/mol. The van der Waals surface area contributed by atoms with Crippen LogP contribution >= 0.6 is 0 Å². The summed E-state index contributed by atoms with van der Waals surface area (Å²) in [6, 6.07) is 0. The first kappa shape index (κ1) is 7.12. The van der Waals surface area contributed by atoms with Crippen molar-refractivity contribution in [1.29, 1.82) is 0 Å². The van der Waals surface area contributed by atoms with E-state index in [2.05, 4.69) is 0 Å². The fraction of sp³-hybridized carbons (Fsp3) is 0.571. The minimum absolute atomic E-state index is 0.201. The van der Waals surface area contributed by atoms with Crippen molar-refractivity contribution in [2.45, 2.75) is 20.0 Å². The van der Waals surface area contributed by atoms with Gasteiger partial charge in [0.1, 0.15) is 5.76 Å². The number of esters is 1. The van der Waals surface area contributed by atoms with Crippen molar-refractivity contribution < 1.29 is 14.3 Å². The highest BCUT2D eigenvalue weighted by atomic mass is 16.6. The molecular formula is C7H10O3. The monoisotopic (exact) mass is 142 g/mol. The molecule has 56 valence electrons. The lowest BCUT2D eigenvalue weighted by Gasteiger charge is -2.07. The number of cyclic esters (lactones) is 1. The molecule has 0 amide bonds. The third kappa shape index (κ3) is 1.29. The Morgan fingerprint density at radius 1 is 1.80 bits per heavy atom. The van der Waals surface area contributed by atoms with Crippen LogP contribution in [0.2, 0.25) is 0 Å². The lowest BCUT2D eigenvalue weighted by atomic mass is 10.3. The number of hydrogen-bond donors (Lipinski definition) is 0. The Labute approximate surface area is 59.6 Å². The number of carbonyl (C=O) groups is 1. The second kappa shape index (κ2) is 2.73. The molecule has 0 N–H and O–H groups in total. The van der Waals surface area contributed by atoms with Crippen LogP contribution in [0.5, 0.6) is 0 Å². The number of rotatable bonds is 2. The Morgan fingerprint density at radius 2 is 2.50 bits per heavy atom. The molecule has 0 aromatic carbocycles. The van der Waals surface area contributed by atoms with Gasteiger partial charge in [0.15, 0.2) is 6.10 Å². The predicted octanol–water partition coefficient (Wildman–Crippen LogP) is 0.852. The summed E-state index contributed by atoms with van der Waals surface area (Å²) in [6.07, 6.45) is 1.18. The van der Waals surface area contributed by atoms with Gasteiger partial charge in [-0.15, -0.1) is 0 Å². The molecule has 1 atom stereocenters. The highest BCUT2D eigenvalue weighted by Gasteiger charge is 2.22. The molecule has 1 aliphatic heterocycles. The average molecular weight is 142 g/mol. The Morgan fingerprint density at radius 3 is 2.90 bits per heavy atom. The van der Waals surface area contributed by atoms with E-state index in [0.717, 1.165) is 0 Å². The summed E-state index contributed by atoms with van der Waals surface area (Å²) in [7, 11) is 0. The normalized spacial score (nSPS) is 24.0. The summed E-state index contributed by atoms with van der Waals surface area (Å²) in [5.41, 5.74) is 0. The molecule has 1 heterocycles. The van der Waals surface area contributed by atoms with E-state index in [9.17, 15) is 4.79 Å². The summed E-state index contributed by atoms with van der Waals surface area (Å²) in [5, 5.41) is 0. The average Bonchev–Trinajstić information content (AvgIpc) is 2.13. The number of hydrogen-bond acceptors (Lipinski definition) is 3. The van der Waals surface area contributed by atoms with E-state index in [1.165, 1.54) is 6.08 Å². The first-order valence-corrected chi connectivity index (χ1v) is 3.29. The van der Waals surface area contributed by atoms with Gasteiger partial charge in [-0.25, -0.2) is 4.79 Å². The Hall–Kier alpha value is -0.990. The molecule has 0 saturated heterocycles. The maximum atomic E-state index is 10.6. The summed E-state index contributed by atoms with van der Waals surface area (Å²) >= 11 is 0. The van der Waals surface area contributed by atoms with Gasteiger partial charge in [0, 0.05) is 0 Å². The van der Waals surface area contributed by atoms with Gasteiger partial charge < -0.3 is 9.47 Å². The maximum Gasteiger partial charge on any atom is 0.335 e. The van der Waals surface area contributed by atoms with Gasteiger partial charge in [-0.2, -0.15) is 0 Å². The van der Waals surface area contributed by atoms with Crippen molar-refractivity contribution in [2.24, 2.45) is 0 Å². The molecule has 0 aromatic heterocycles. The van der Waals surface area contributed by atoms with Crippen LogP contribution in [0, 0.1) is 0 Å². The summed E-state index contributed by atoms with van der Waals surface area (Å²) < 4.78 is 9.87. The van der Waals surface area contributed by atoms with Crippen LogP contribution in [-0.2, 0) is 14.3 Å². The molecule has 1 rings (SSSR count). The van der Waals surface area contributed by atoms with Gasteiger partial charge in [-0.3, -0.25) is 0 Å². The molecule has 0 bridgehead atoms. The van der Waals surface area contributed by atoms with E-state index in [4.69, 9.17) is 9.47 Å². The lowest BCUT2D eigenvalue weighted by molar-refractivity contribution is -0.138. The third-order valence-electron chi connectivity index (χ3n) is 1.26. The van der Waals surface area contributed by atoms with E-state index >= 15 is 0 Å². The van der Waals surface area contributed by atoms with E-state index in [-0.39, 0.29) is 12.1 Å². The molecule has 0 spiro atoms. The fourth-order valence-corrected chi connectivity index (χ4v) is 0.826. The van der Waals surface area contributed by atoms with Crippen LogP contribution in [0.25, 0.3) is 0 Å².